The molecule has 4 heterocycles. The Morgan fingerprint density at radius 1 is 1.00 bits per heavy atom. The van der Waals surface area contributed by atoms with Gasteiger partial charge >= 0.3 is 5.97 Å². The highest BCUT2D eigenvalue weighted by atomic mass is 79.9. The number of aromatic nitrogens is 1. The number of rotatable bonds is 13. The summed E-state index contributed by atoms with van der Waals surface area (Å²) >= 11 is 14.0. The molecule has 2 saturated heterocycles. The molecule has 10 nitrogen and oxygen atoms in total. The van der Waals surface area contributed by atoms with E-state index in [0.717, 1.165) is 79.2 Å². The van der Waals surface area contributed by atoms with Crippen LogP contribution in [-0.2, 0) is 31.3 Å². The second-order valence-electron chi connectivity index (χ2n) is 12.4. The number of hydrogen-bond donors (Lipinski definition) is 1. The van der Waals surface area contributed by atoms with Crippen molar-refractivity contribution in [2.45, 2.75) is 66.5 Å². The number of benzene rings is 1. The minimum absolute atomic E-state index is 0.0433. The third-order valence-corrected chi connectivity index (χ3v) is 16.6. The van der Waals surface area contributed by atoms with Gasteiger partial charge in [-0.1, -0.05) is 61.2 Å². The van der Waals surface area contributed by atoms with Gasteiger partial charge in [-0.05, 0) is 93.5 Å². The molecule has 0 spiro atoms. The van der Waals surface area contributed by atoms with Gasteiger partial charge in [0.25, 0.3) is 10.0 Å². The number of carbonyl (C=O) groups is 1. The van der Waals surface area contributed by atoms with E-state index >= 15 is 0 Å². The van der Waals surface area contributed by atoms with Crippen LogP contribution < -0.4 is 4.90 Å². The maximum absolute atomic E-state index is 13.5. The van der Waals surface area contributed by atoms with Gasteiger partial charge in [-0.15, -0.1) is 11.3 Å². The van der Waals surface area contributed by atoms with Crippen molar-refractivity contribution in [3.63, 3.8) is 0 Å². The summed E-state index contributed by atoms with van der Waals surface area (Å²) in [6.07, 6.45) is 8.42. The number of anilines is 1. The fraction of sp³-hybridized carbons (Fsp3) is 0.500. The smallest absolute Gasteiger partial charge is 0.322 e. The molecule has 5 rings (SSSR count). The summed E-state index contributed by atoms with van der Waals surface area (Å²) in [7, 11) is -6.35. The van der Waals surface area contributed by atoms with Crippen molar-refractivity contribution in [2.24, 2.45) is 11.8 Å². The zero-order valence-electron chi connectivity index (χ0n) is 26.5. The molecule has 3 aromatic rings. The van der Waals surface area contributed by atoms with E-state index in [4.69, 9.17) is 11.6 Å². The second kappa shape index (κ2) is 16.2. The number of sulfonamides is 2. The molecule has 0 radical (unpaired) electrons. The van der Waals surface area contributed by atoms with Crippen LogP contribution in [0.2, 0.25) is 4.34 Å². The Morgan fingerprint density at radius 2 is 1.60 bits per heavy atom. The van der Waals surface area contributed by atoms with Gasteiger partial charge in [0.1, 0.15) is 25.3 Å². The average molecular weight is 867 g/mol. The molecule has 1 atom stereocenters. The highest BCUT2D eigenvalue weighted by molar-refractivity contribution is 9.11. The SMILES string of the molecule is CN(C(Cc1ccccc1)C(=O)O)S(=O)(=O)c1cnc(N2CCC(CCCC3CCN(S(=O)(=O)c4cc(Br)c(Cl)s4)CC3)CC2)c(Br)c1. The Bertz CT molecular complexity index is 1780. The lowest BCUT2D eigenvalue weighted by atomic mass is 9.87. The first kappa shape index (κ1) is 37.7. The normalized spacial score (nSPS) is 18.0. The first-order chi connectivity index (χ1) is 22.8. The standard InChI is InChI=1S/C32H39Br2ClN4O6S3/c1-37(28(32(40)41)18-24-6-3-2-4-7-24)47(42,43)25-19-27(34)31(36-21-25)38-14-10-22(11-15-38)8-5-9-23-12-16-39(17-13-23)48(44,45)29-20-26(33)30(35)46-29/h2-4,6-7,19-23,28H,5,8-18H2,1H3,(H,40,41). The lowest BCUT2D eigenvalue weighted by molar-refractivity contribution is -0.141. The molecule has 16 heteroatoms. The largest absolute Gasteiger partial charge is 0.480 e. The fourth-order valence-corrected chi connectivity index (χ4v) is 12.4. The van der Waals surface area contributed by atoms with Crippen molar-refractivity contribution >= 4 is 86.6 Å². The number of carboxylic acid groups (broad SMARTS) is 1. The van der Waals surface area contributed by atoms with Crippen LogP contribution in [0, 0.1) is 11.8 Å². The minimum atomic E-state index is -4.12. The predicted octanol–water partition coefficient (Wildman–Crippen LogP) is 7.13. The van der Waals surface area contributed by atoms with Crippen LogP contribution in [0.1, 0.15) is 50.5 Å². The molecule has 2 aromatic heterocycles. The van der Waals surface area contributed by atoms with Gasteiger partial charge < -0.3 is 10.0 Å². The number of nitrogens with zero attached hydrogens (tertiary/aromatic N) is 4. The van der Waals surface area contributed by atoms with Crippen LogP contribution in [0.5, 0.6) is 0 Å². The van der Waals surface area contributed by atoms with Gasteiger partial charge in [-0.25, -0.2) is 21.8 Å². The summed E-state index contributed by atoms with van der Waals surface area (Å²) in [5.41, 5.74) is 0.730. The molecule has 262 valence electrons. The molecular weight excluding hydrogens is 828 g/mol. The summed E-state index contributed by atoms with van der Waals surface area (Å²) in [5, 5.41) is 9.84. The molecule has 0 aliphatic carbocycles. The van der Waals surface area contributed by atoms with E-state index in [0.29, 0.717) is 44.0 Å². The van der Waals surface area contributed by atoms with Crippen molar-refractivity contribution in [1.29, 1.82) is 0 Å². The number of carboxylic acids is 1. The van der Waals surface area contributed by atoms with E-state index in [1.807, 2.05) is 6.07 Å². The van der Waals surface area contributed by atoms with Crippen LogP contribution in [0.25, 0.3) is 0 Å². The average Bonchev–Trinajstić information content (AvgIpc) is 3.42. The van der Waals surface area contributed by atoms with Crippen LogP contribution in [-0.4, -0.2) is 80.8 Å². The molecule has 2 aliphatic heterocycles. The number of hydrogen-bond acceptors (Lipinski definition) is 8. The molecule has 0 amide bonds. The maximum Gasteiger partial charge on any atom is 0.322 e. The number of halogens is 3. The summed E-state index contributed by atoms with van der Waals surface area (Å²) in [6, 6.07) is 10.8. The predicted molar refractivity (Wildman–Crippen MR) is 196 cm³/mol. The molecular formula is C32H39Br2ClN4O6S3. The summed E-state index contributed by atoms with van der Waals surface area (Å²) in [6.45, 7) is 2.67. The van der Waals surface area contributed by atoms with Crippen LogP contribution in [0.3, 0.4) is 0 Å². The Kier molecular flexibility index (Phi) is 12.7. The number of likely N-dealkylation sites (N-methyl/N-ethyl adjacent to an activating group) is 1. The summed E-state index contributed by atoms with van der Waals surface area (Å²) < 4.78 is 57.3. The van der Waals surface area contributed by atoms with Gasteiger partial charge in [-0.2, -0.15) is 8.61 Å². The molecule has 2 fully saturated rings. The summed E-state index contributed by atoms with van der Waals surface area (Å²) in [5.74, 6) is 0.566. The summed E-state index contributed by atoms with van der Waals surface area (Å²) in [4.78, 5) is 18.7. The number of aliphatic carboxylic acids is 1. The highest BCUT2D eigenvalue weighted by Gasteiger charge is 2.34. The number of piperidine rings is 2. The monoisotopic (exact) mass is 864 g/mol. The van der Waals surface area contributed by atoms with Crippen molar-refractivity contribution in [3.05, 3.63) is 67.5 Å². The fourth-order valence-electron chi connectivity index (χ4n) is 6.48. The molecule has 1 unspecified atom stereocenters. The lowest BCUT2D eigenvalue weighted by Crippen LogP contribution is -2.43. The first-order valence-electron chi connectivity index (χ1n) is 15.9. The van der Waals surface area contributed by atoms with Gasteiger partial charge in [0.05, 0.1) is 4.47 Å². The maximum atomic E-state index is 13.5. The van der Waals surface area contributed by atoms with Gasteiger partial charge in [-0.3, -0.25) is 4.79 Å². The number of pyridine rings is 1. The minimum Gasteiger partial charge on any atom is -0.480 e. The molecule has 48 heavy (non-hydrogen) atoms. The Morgan fingerprint density at radius 3 is 2.15 bits per heavy atom. The third-order valence-electron chi connectivity index (χ3n) is 9.40. The van der Waals surface area contributed by atoms with E-state index in [9.17, 15) is 26.7 Å². The van der Waals surface area contributed by atoms with Crippen LogP contribution >= 0.6 is 54.8 Å². The van der Waals surface area contributed by atoms with Gasteiger partial charge in [0, 0.05) is 43.9 Å². The zero-order valence-corrected chi connectivity index (χ0v) is 32.8. The molecule has 2 aliphatic rings. The van der Waals surface area contributed by atoms with E-state index in [2.05, 4.69) is 41.7 Å². The van der Waals surface area contributed by atoms with Gasteiger partial charge in [0.15, 0.2) is 0 Å². The highest BCUT2D eigenvalue weighted by Crippen LogP contribution is 2.38. The van der Waals surface area contributed by atoms with Crippen LogP contribution in [0.15, 0.2) is 66.7 Å². The molecule has 1 aromatic carbocycles. The van der Waals surface area contributed by atoms with E-state index in [-0.39, 0.29) is 15.5 Å². The molecule has 0 bridgehead atoms. The van der Waals surface area contributed by atoms with E-state index in [1.54, 1.807) is 34.6 Å². The molecule has 1 N–H and O–H groups in total. The Hall–Kier alpha value is -1.59. The first-order valence-corrected chi connectivity index (χ1v) is 21.5. The van der Waals surface area contributed by atoms with Crippen molar-refractivity contribution in [2.75, 3.05) is 38.1 Å². The third kappa shape index (κ3) is 8.82. The second-order valence-corrected chi connectivity index (χ2v) is 20.0. The van der Waals surface area contributed by atoms with Crippen molar-refractivity contribution in [1.82, 2.24) is 13.6 Å². The van der Waals surface area contributed by atoms with Crippen LogP contribution in [0.4, 0.5) is 5.82 Å². The van der Waals surface area contributed by atoms with Crippen molar-refractivity contribution < 1.29 is 26.7 Å². The van der Waals surface area contributed by atoms with E-state index in [1.165, 1.54) is 19.3 Å². The van der Waals surface area contributed by atoms with Gasteiger partial charge in [0.2, 0.25) is 10.0 Å². The van der Waals surface area contributed by atoms with Crippen molar-refractivity contribution in [3.8, 4) is 0 Å². The lowest BCUT2D eigenvalue weighted by Gasteiger charge is -2.34. The Balaban J connectivity index is 1.08. The number of thiophene rings is 1. The zero-order chi connectivity index (χ0) is 34.6. The Labute approximate surface area is 308 Å². The molecule has 0 saturated carbocycles. The quantitative estimate of drug-likeness (QED) is 0.193. The topological polar surface area (TPSA) is 128 Å². The van der Waals surface area contributed by atoms with E-state index < -0.39 is 32.1 Å².